The first kappa shape index (κ1) is 23.5. The highest BCUT2D eigenvalue weighted by Crippen LogP contribution is 2.39. The van der Waals surface area contributed by atoms with Crippen LogP contribution in [0.3, 0.4) is 0 Å². The van der Waals surface area contributed by atoms with Crippen LogP contribution < -0.4 is 14.8 Å². The van der Waals surface area contributed by atoms with E-state index in [1.165, 1.54) is 54.0 Å². The Hall–Kier alpha value is -2.63. The highest BCUT2D eigenvalue weighted by molar-refractivity contribution is 7.92. The number of para-hydroxylation sites is 1. The van der Waals surface area contributed by atoms with E-state index >= 15 is 0 Å². The maximum Gasteiger partial charge on any atom is 0.261 e. The van der Waals surface area contributed by atoms with Crippen molar-refractivity contribution in [2.24, 2.45) is 0 Å². The molecule has 33 heavy (non-hydrogen) atoms. The number of carbonyl (C=O) groups is 1. The standard InChI is InChI=1S/C21H15Cl2N3O4S3/c1-30-12-6-8-13(9-7-12)33(28,29)26-16-5-3-2-4-14(16)20(27)25-21-24-17(11-31-21)15-10-18(22)32-19(15)23/h2-11,26H,1H3,(H,24,25,27). The van der Waals surface area contributed by atoms with Crippen LogP contribution in [-0.4, -0.2) is 26.4 Å². The zero-order valence-corrected chi connectivity index (χ0v) is 20.8. The van der Waals surface area contributed by atoms with Crippen LogP contribution >= 0.6 is 45.9 Å². The molecule has 4 rings (SSSR count). The van der Waals surface area contributed by atoms with Crippen LogP contribution in [-0.2, 0) is 10.0 Å². The van der Waals surface area contributed by atoms with E-state index < -0.39 is 15.9 Å². The van der Waals surface area contributed by atoms with E-state index in [1.807, 2.05) is 0 Å². The molecule has 2 aromatic heterocycles. The lowest BCUT2D eigenvalue weighted by molar-refractivity contribution is 0.102. The maximum absolute atomic E-state index is 12.9. The first-order valence-corrected chi connectivity index (χ1v) is 13.2. The van der Waals surface area contributed by atoms with E-state index in [1.54, 1.807) is 35.7 Å². The molecular formula is C21H15Cl2N3O4S3. The van der Waals surface area contributed by atoms with Crippen LogP contribution in [0.15, 0.2) is 64.9 Å². The second-order valence-electron chi connectivity index (χ2n) is 6.56. The molecule has 0 saturated heterocycles. The molecule has 0 saturated carbocycles. The smallest absolute Gasteiger partial charge is 0.261 e. The number of nitrogens with zero attached hydrogens (tertiary/aromatic N) is 1. The SMILES string of the molecule is COc1ccc(S(=O)(=O)Nc2ccccc2C(=O)Nc2nc(-c3cc(Cl)sc3Cl)cs2)cc1. The van der Waals surface area contributed by atoms with E-state index in [0.717, 1.165) is 0 Å². The van der Waals surface area contributed by atoms with Gasteiger partial charge in [0, 0.05) is 10.9 Å². The molecule has 1 amide bonds. The van der Waals surface area contributed by atoms with E-state index in [2.05, 4.69) is 15.0 Å². The third-order valence-corrected chi connectivity index (χ3v) is 8.07. The summed E-state index contributed by atoms with van der Waals surface area (Å²) in [6, 6.07) is 13.9. The Labute approximate surface area is 208 Å². The highest BCUT2D eigenvalue weighted by Gasteiger charge is 2.20. The Balaban J connectivity index is 1.55. The van der Waals surface area contributed by atoms with Crippen LogP contribution in [0.2, 0.25) is 8.67 Å². The molecule has 0 radical (unpaired) electrons. The second-order valence-corrected chi connectivity index (χ2v) is 11.4. The molecule has 2 heterocycles. The van der Waals surface area contributed by atoms with Crippen molar-refractivity contribution >= 4 is 72.6 Å². The number of nitrogens with one attached hydrogen (secondary N) is 2. The van der Waals surface area contributed by atoms with Gasteiger partial charge in [0.2, 0.25) is 0 Å². The summed E-state index contributed by atoms with van der Waals surface area (Å²) in [4.78, 5) is 17.3. The van der Waals surface area contributed by atoms with Crippen molar-refractivity contribution in [1.29, 1.82) is 0 Å². The Kier molecular flexibility index (Phi) is 6.91. The van der Waals surface area contributed by atoms with Crippen LogP contribution in [0.1, 0.15) is 10.4 Å². The number of anilines is 2. The minimum Gasteiger partial charge on any atom is -0.497 e. The maximum atomic E-state index is 12.9. The van der Waals surface area contributed by atoms with Gasteiger partial charge < -0.3 is 4.74 Å². The topological polar surface area (TPSA) is 97.4 Å². The number of aromatic nitrogens is 1. The van der Waals surface area contributed by atoms with Gasteiger partial charge in [0.25, 0.3) is 15.9 Å². The number of amides is 1. The Morgan fingerprint density at radius 3 is 2.48 bits per heavy atom. The molecule has 0 aliphatic heterocycles. The van der Waals surface area contributed by atoms with Gasteiger partial charge in [-0.25, -0.2) is 13.4 Å². The predicted octanol–water partition coefficient (Wildman–Crippen LogP) is 6.24. The van der Waals surface area contributed by atoms with Crippen LogP contribution in [0.4, 0.5) is 10.8 Å². The number of thiazole rings is 1. The lowest BCUT2D eigenvalue weighted by Gasteiger charge is -2.12. The third-order valence-electron chi connectivity index (χ3n) is 4.44. The molecule has 2 aromatic carbocycles. The number of benzene rings is 2. The van der Waals surface area contributed by atoms with Crippen LogP contribution in [0.25, 0.3) is 11.3 Å². The van der Waals surface area contributed by atoms with Crippen molar-refractivity contribution < 1.29 is 17.9 Å². The fourth-order valence-electron chi connectivity index (χ4n) is 2.86. The predicted molar refractivity (Wildman–Crippen MR) is 134 cm³/mol. The first-order valence-electron chi connectivity index (χ1n) is 9.25. The zero-order valence-electron chi connectivity index (χ0n) is 16.8. The largest absolute Gasteiger partial charge is 0.497 e. The lowest BCUT2D eigenvalue weighted by atomic mass is 10.2. The molecule has 7 nitrogen and oxygen atoms in total. The molecule has 0 atom stereocenters. The van der Waals surface area contributed by atoms with Crippen molar-refractivity contribution in [2.75, 3.05) is 17.1 Å². The number of ether oxygens (including phenoxy) is 1. The lowest BCUT2D eigenvalue weighted by Crippen LogP contribution is -2.18. The Morgan fingerprint density at radius 1 is 1.09 bits per heavy atom. The first-order chi connectivity index (χ1) is 15.8. The van der Waals surface area contributed by atoms with Gasteiger partial charge >= 0.3 is 0 Å². The fraction of sp³-hybridized carbons (Fsp3) is 0.0476. The second kappa shape index (κ2) is 9.70. The Bertz CT molecular complexity index is 1420. The molecule has 0 bridgehead atoms. The summed E-state index contributed by atoms with van der Waals surface area (Å²) in [6.45, 7) is 0. The number of hydrogen-bond acceptors (Lipinski definition) is 7. The minimum absolute atomic E-state index is 0.0365. The number of hydrogen-bond donors (Lipinski definition) is 2. The molecular weight excluding hydrogens is 525 g/mol. The number of methoxy groups -OCH3 is 1. The van der Waals surface area contributed by atoms with Gasteiger partial charge in [-0.2, -0.15) is 0 Å². The van der Waals surface area contributed by atoms with Gasteiger partial charge in [-0.15, -0.1) is 22.7 Å². The van der Waals surface area contributed by atoms with Crippen molar-refractivity contribution in [1.82, 2.24) is 4.98 Å². The van der Waals surface area contributed by atoms with Gasteiger partial charge in [0.05, 0.1) is 33.3 Å². The average Bonchev–Trinajstić information content (AvgIpc) is 3.39. The summed E-state index contributed by atoms with van der Waals surface area (Å²) in [7, 11) is -2.43. The summed E-state index contributed by atoms with van der Waals surface area (Å²) in [6.07, 6.45) is 0. The summed E-state index contributed by atoms with van der Waals surface area (Å²) < 4.78 is 34.2. The normalized spacial score (nSPS) is 11.2. The Morgan fingerprint density at radius 2 is 1.82 bits per heavy atom. The van der Waals surface area contributed by atoms with Crippen molar-refractivity contribution in [3.05, 3.63) is 74.2 Å². The van der Waals surface area contributed by atoms with Crippen molar-refractivity contribution in [3.63, 3.8) is 0 Å². The zero-order chi connectivity index (χ0) is 23.6. The molecule has 12 heteroatoms. The van der Waals surface area contributed by atoms with Gasteiger partial charge in [-0.1, -0.05) is 35.3 Å². The number of halogens is 2. The number of rotatable bonds is 7. The number of sulfonamides is 1. The van der Waals surface area contributed by atoms with Gasteiger partial charge in [0.15, 0.2) is 5.13 Å². The minimum atomic E-state index is -3.93. The molecule has 4 aromatic rings. The molecule has 2 N–H and O–H groups in total. The molecule has 0 aliphatic rings. The summed E-state index contributed by atoms with van der Waals surface area (Å²) in [5.74, 6) is 0.0148. The monoisotopic (exact) mass is 539 g/mol. The van der Waals surface area contributed by atoms with Crippen molar-refractivity contribution in [2.45, 2.75) is 4.90 Å². The fourth-order valence-corrected chi connectivity index (χ4v) is 6.13. The van der Waals surface area contributed by atoms with Gasteiger partial charge in [-0.05, 0) is 42.5 Å². The molecule has 0 aliphatic carbocycles. The number of thiophene rings is 1. The van der Waals surface area contributed by atoms with E-state index in [0.29, 0.717) is 30.8 Å². The van der Waals surface area contributed by atoms with Crippen LogP contribution in [0, 0.1) is 0 Å². The van der Waals surface area contributed by atoms with E-state index in [-0.39, 0.29) is 16.1 Å². The van der Waals surface area contributed by atoms with E-state index in [9.17, 15) is 13.2 Å². The molecule has 0 unspecified atom stereocenters. The van der Waals surface area contributed by atoms with Gasteiger partial charge in [0.1, 0.15) is 10.1 Å². The quantitative estimate of drug-likeness (QED) is 0.289. The number of carbonyl (C=O) groups excluding carboxylic acids is 1. The average molecular weight is 540 g/mol. The summed E-state index contributed by atoms with van der Waals surface area (Å²) >= 11 is 14.6. The van der Waals surface area contributed by atoms with E-state index in [4.69, 9.17) is 27.9 Å². The third kappa shape index (κ3) is 5.31. The molecule has 0 fully saturated rings. The summed E-state index contributed by atoms with van der Waals surface area (Å²) in [5.41, 5.74) is 1.53. The van der Waals surface area contributed by atoms with Crippen LogP contribution in [0.5, 0.6) is 5.75 Å². The van der Waals surface area contributed by atoms with Crippen molar-refractivity contribution in [3.8, 4) is 17.0 Å². The molecule has 170 valence electrons. The summed E-state index contributed by atoms with van der Waals surface area (Å²) in [5, 5.41) is 4.78. The highest BCUT2D eigenvalue weighted by atomic mass is 35.5. The van der Waals surface area contributed by atoms with Gasteiger partial charge in [-0.3, -0.25) is 14.8 Å². The molecule has 0 spiro atoms.